The number of hydrogen-bond acceptors (Lipinski definition) is 5. The summed E-state index contributed by atoms with van der Waals surface area (Å²) in [6.45, 7) is 0. The first-order valence-corrected chi connectivity index (χ1v) is 11.7. The molecular formula is C28H19ClN2O4S. The van der Waals surface area contributed by atoms with Gasteiger partial charge in [-0.2, -0.15) is 0 Å². The maximum Gasteiger partial charge on any atom is 0.344 e. The highest BCUT2D eigenvalue weighted by Crippen LogP contribution is 2.32. The molecular weight excluding hydrogens is 496 g/mol. The third-order valence-corrected chi connectivity index (χ3v) is 6.27. The van der Waals surface area contributed by atoms with E-state index in [0.717, 1.165) is 16.2 Å². The van der Waals surface area contributed by atoms with Crippen molar-refractivity contribution in [2.75, 3.05) is 12.4 Å². The molecule has 2 N–H and O–H groups in total. The van der Waals surface area contributed by atoms with Gasteiger partial charge in [0.05, 0.1) is 12.7 Å². The number of para-hydroxylation sites is 1. The Labute approximate surface area is 216 Å². The van der Waals surface area contributed by atoms with E-state index in [1.807, 2.05) is 30.3 Å². The van der Waals surface area contributed by atoms with Crippen molar-refractivity contribution in [1.82, 2.24) is 5.32 Å². The molecule has 1 aromatic heterocycles. The van der Waals surface area contributed by atoms with Gasteiger partial charge in [0.15, 0.2) is 5.11 Å². The first kappa shape index (κ1) is 23.5. The summed E-state index contributed by atoms with van der Waals surface area (Å²) in [5, 5.41) is 8.68. The van der Waals surface area contributed by atoms with Crippen LogP contribution in [0.1, 0.15) is 10.4 Å². The van der Waals surface area contributed by atoms with E-state index in [2.05, 4.69) is 10.6 Å². The number of anilines is 1. The molecule has 178 valence electrons. The molecule has 8 heteroatoms. The smallest absolute Gasteiger partial charge is 0.344 e. The fourth-order valence-corrected chi connectivity index (χ4v) is 4.49. The number of thiocarbonyl (C=S) groups is 1. The summed E-state index contributed by atoms with van der Waals surface area (Å²) in [7, 11) is 1.51. The van der Waals surface area contributed by atoms with Gasteiger partial charge in [-0.3, -0.25) is 10.1 Å². The van der Waals surface area contributed by atoms with Gasteiger partial charge < -0.3 is 14.5 Å². The molecule has 1 heterocycles. The van der Waals surface area contributed by atoms with Crippen LogP contribution >= 0.6 is 23.8 Å². The molecule has 0 fully saturated rings. The summed E-state index contributed by atoms with van der Waals surface area (Å²) >= 11 is 11.6. The lowest BCUT2D eigenvalue weighted by atomic mass is 10.0. The van der Waals surface area contributed by atoms with Crippen LogP contribution in [0.3, 0.4) is 0 Å². The molecule has 0 aliphatic heterocycles. The van der Waals surface area contributed by atoms with Crippen LogP contribution in [0.2, 0.25) is 5.02 Å². The maximum absolute atomic E-state index is 12.9. The van der Waals surface area contributed by atoms with Gasteiger partial charge in [-0.15, -0.1) is 0 Å². The number of hydrogen-bond donors (Lipinski definition) is 2. The first-order valence-electron chi connectivity index (χ1n) is 11.0. The van der Waals surface area contributed by atoms with Crippen LogP contribution in [0, 0.1) is 0 Å². The van der Waals surface area contributed by atoms with Crippen molar-refractivity contribution in [2.45, 2.75) is 0 Å². The Balaban J connectivity index is 1.38. The number of fused-ring (bicyclic) bond motifs is 2. The minimum absolute atomic E-state index is 0.110. The number of halogens is 1. The first-order chi connectivity index (χ1) is 17.4. The fourth-order valence-electron chi connectivity index (χ4n) is 4.04. The molecule has 0 aliphatic rings. The molecule has 0 unspecified atom stereocenters. The van der Waals surface area contributed by atoms with Gasteiger partial charge in [0.2, 0.25) is 0 Å². The van der Waals surface area contributed by atoms with E-state index in [0.29, 0.717) is 38.7 Å². The zero-order valence-electron chi connectivity index (χ0n) is 19.0. The van der Waals surface area contributed by atoms with Crippen molar-refractivity contribution in [3.8, 4) is 16.9 Å². The van der Waals surface area contributed by atoms with Gasteiger partial charge >= 0.3 is 5.63 Å². The Hall–Kier alpha value is -4.20. The van der Waals surface area contributed by atoms with Gasteiger partial charge in [-0.1, -0.05) is 54.1 Å². The molecule has 0 atom stereocenters. The maximum atomic E-state index is 12.9. The Morgan fingerprint density at radius 2 is 1.69 bits per heavy atom. The molecule has 36 heavy (non-hydrogen) atoms. The predicted molar refractivity (Wildman–Crippen MR) is 147 cm³/mol. The summed E-state index contributed by atoms with van der Waals surface area (Å²) < 4.78 is 11.0. The monoisotopic (exact) mass is 514 g/mol. The molecule has 6 nitrogen and oxygen atoms in total. The molecule has 0 saturated heterocycles. The quantitative estimate of drug-likeness (QED) is 0.213. The lowest BCUT2D eigenvalue weighted by molar-refractivity contribution is 0.0979. The van der Waals surface area contributed by atoms with E-state index >= 15 is 0 Å². The molecule has 5 aromatic rings. The lowest BCUT2D eigenvalue weighted by Crippen LogP contribution is -2.34. The molecule has 0 aliphatic carbocycles. The number of nitrogens with one attached hydrogen (secondary N) is 2. The third kappa shape index (κ3) is 4.54. The summed E-state index contributed by atoms with van der Waals surface area (Å²) in [6.07, 6.45) is 0. The van der Waals surface area contributed by atoms with Crippen molar-refractivity contribution >= 4 is 62.3 Å². The van der Waals surface area contributed by atoms with Gasteiger partial charge in [-0.25, -0.2) is 4.79 Å². The van der Waals surface area contributed by atoms with E-state index in [4.69, 9.17) is 33.0 Å². The minimum atomic E-state index is -0.467. The topological polar surface area (TPSA) is 80.6 Å². The van der Waals surface area contributed by atoms with Crippen LogP contribution in [-0.2, 0) is 0 Å². The van der Waals surface area contributed by atoms with Crippen LogP contribution in [0.15, 0.2) is 94.1 Å². The molecule has 5 rings (SSSR count). The van der Waals surface area contributed by atoms with E-state index in [1.54, 1.807) is 54.6 Å². The normalized spacial score (nSPS) is 10.8. The zero-order valence-corrected chi connectivity index (χ0v) is 20.6. The second-order valence-corrected chi connectivity index (χ2v) is 8.76. The molecule has 4 aromatic carbocycles. The summed E-state index contributed by atoms with van der Waals surface area (Å²) in [5.41, 5.74) is 2.03. The number of benzene rings is 4. The van der Waals surface area contributed by atoms with Crippen molar-refractivity contribution < 1.29 is 13.9 Å². The Bertz CT molecular complexity index is 1710. The van der Waals surface area contributed by atoms with Crippen molar-refractivity contribution in [3.05, 3.63) is 106 Å². The fraction of sp³-hybridized carbons (Fsp3) is 0.0357. The zero-order chi connectivity index (χ0) is 25.2. The van der Waals surface area contributed by atoms with Crippen LogP contribution in [0.25, 0.3) is 32.9 Å². The molecule has 0 saturated carbocycles. The van der Waals surface area contributed by atoms with Crippen LogP contribution < -0.4 is 21.0 Å². The van der Waals surface area contributed by atoms with Crippen molar-refractivity contribution in [2.24, 2.45) is 0 Å². The van der Waals surface area contributed by atoms with E-state index < -0.39 is 5.63 Å². The second kappa shape index (κ2) is 9.81. The highest BCUT2D eigenvalue weighted by atomic mass is 35.5. The van der Waals surface area contributed by atoms with Gasteiger partial charge in [0, 0.05) is 38.7 Å². The number of methoxy groups -OCH3 is 1. The van der Waals surface area contributed by atoms with Gasteiger partial charge in [-0.05, 0) is 54.0 Å². The van der Waals surface area contributed by atoms with E-state index in [-0.39, 0.29) is 11.0 Å². The average molecular weight is 515 g/mol. The van der Waals surface area contributed by atoms with Crippen LogP contribution in [-0.4, -0.2) is 18.1 Å². The standard InChI is InChI=1S/C28H19ClN2O4S/c1-34-25-15-17(12-13-20(25)22-14-16-6-2-3-11-24(16)35-27(22)33)30-28(36)31-26(32)21-9-4-8-19-18(21)7-5-10-23(19)29/h2-15H,1H3,(H2,30,31,32,36). The van der Waals surface area contributed by atoms with Gasteiger partial charge in [0.25, 0.3) is 5.91 Å². The number of rotatable bonds is 4. The average Bonchev–Trinajstić information content (AvgIpc) is 2.88. The Kier molecular flexibility index (Phi) is 6.41. The number of ether oxygens (including phenoxy) is 1. The molecule has 0 radical (unpaired) electrons. The minimum Gasteiger partial charge on any atom is -0.496 e. The van der Waals surface area contributed by atoms with Crippen LogP contribution in [0.4, 0.5) is 5.69 Å². The number of carbonyl (C=O) groups excluding carboxylic acids is 1. The lowest BCUT2D eigenvalue weighted by Gasteiger charge is -2.14. The molecule has 1 amide bonds. The van der Waals surface area contributed by atoms with Crippen LogP contribution in [0.5, 0.6) is 5.75 Å². The Morgan fingerprint density at radius 3 is 2.53 bits per heavy atom. The number of amides is 1. The predicted octanol–water partition coefficient (Wildman–Crippen LogP) is 6.40. The van der Waals surface area contributed by atoms with Crippen molar-refractivity contribution in [1.29, 1.82) is 0 Å². The Morgan fingerprint density at radius 1 is 0.917 bits per heavy atom. The van der Waals surface area contributed by atoms with E-state index in [1.165, 1.54) is 7.11 Å². The SMILES string of the molecule is COc1cc(NC(=S)NC(=O)c2cccc3c(Cl)cccc23)ccc1-c1cc2ccccc2oc1=O. The summed E-state index contributed by atoms with van der Waals surface area (Å²) in [6, 6.07) is 25.0. The van der Waals surface area contributed by atoms with Gasteiger partial charge in [0.1, 0.15) is 11.3 Å². The van der Waals surface area contributed by atoms with E-state index in [9.17, 15) is 9.59 Å². The molecule has 0 bridgehead atoms. The summed E-state index contributed by atoms with van der Waals surface area (Å²) in [5.74, 6) is 0.0816. The summed E-state index contributed by atoms with van der Waals surface area (Å²) in [4.78, 5) is 25.5. The third-order valence-electron chi connectivity index (χ3n) is 5.73. The second-order valence-electron chi connectivity index (χ2n) is 7.95. The van der Waals surface area contributed by atoms with Crippen molar-refractivity contribution in [3.63, 3.8) is 0 Å². The molecule has 0 spiro atoms. The number of carbonyl (C=O) groups is 1. The largest absolute Gasteiger partial charge is 0.496 e. The highest BCUT2D eigenvalue weighted by Gasteiger charge is 2.15. The highest BCUT2D eigenvalue weighted by molar-refractivity contribution is 7.80.